The summed E-state index contributed by atoms with van der Waals surface area (Å²) in [6, 6.07) is 30.8. The van der Waals surface area contributed by atoms with E-state index in [1.807, 2.05) is 24.8 Å². The lowest BCUT2D eigenvalue weighted by atomic mass is 10.0. The van der Waals surface area contributed by atoms with E-state index in [0.717, 1.165) is 28.4 Å². The molecule has 0 saturated heterocycles. The molecule has 8 aromatic rings. The Morgan fingerprint density at radius 2 is 1.46 bits per heavy atom. The smallest absolute Gasteiger partial charge is 0.145 e. The second-order valence-corrected chi connectivity index (χ2v) is 9.89. The summed E-state index contributed by atoms with van der Waals surface area (Å²) in [5, 5.41) is 6.01. The molecule has 4 nitrogen and oxygen atoms in total. The molecule has 0 spiro atoms. The van der Waals surface area contributed by atoms with Crippen LogP contribution < -0.4 is 0 Å². The lowest BCUT2D eigenvalue weighted by molar-refractivity contribution is 1.16. The summed E-state index contributed by atoms with van der Waals surface area (Å²) in [6.45, 7) is 0. The van der Waals surface area contributed by atoms with Crippen molar-refractivity contribution in [2.45, 2.75) is 6.42 Å². The van der Waals surface area contributed by atoms with Gasteiger partial charge in [0.25, 0.3) is 0 Å². The van der Waals surface area contributed by atoms with Gasteiger partial charge in [-0.3, -0.25) is 9.38 Å². The monoisotopic (exact) mass is 472 g/mol. The van der Waals surface area contributed by atoms with E-state index in [0.29, 0.717) is 0 Å². The number of pyridine rings is 2. The molecule has 0 radical (unpaired) electrons. The second kappa shape index (κ2) is 6.83. The topological polar surface area (TPSA) is 35.1 Å². The molecule has 4 aromatic heterocycles. The molecule has 0 atom stereocenters. The van der Waals surface area contributed by atoms with Crippen molar-refractivity contribution < 1.29 is 0 Å². The largest absolute Gasteiger partial charge is 0.308 e. The number of aromatic nitrogens is 4. The standard InChI is InChI=1S/C33H20N4/c1-2-7-21(8-3-1)37-31-24(11-10-23-22-9-5-4-6-20(22)18-27(23)31)25-12-13-26-30(32(25)37)28-19-34-15-14-29(28)36-17-16-35-33(26)36/h1-17,19H,18H2. The van der Waals surface area contributed by atoms with Crippen molar-refractivity contribution in [3.05, 3.63) is 121 Å². The van der Waals surface area contributed by atoms with Gasteiger partial charge in [-0.05, 0) is 46.5 Å². The van der Waals surface area contributed by atoms with E-state index in [1.54, 1.807) is 0 Å². The Balaban J connectivity index is 1.58. The third-order valence-corrected chi connectivity index (χ3v) is 8.10. The Hall–Kier alpha value is -4.96. The van der Waals surface area contributed by atoms with Gasteiger partial charge in [0, 0.05) is 63.8 Å². The summed E-state index contributed by atoms with van der Waals surface area (Å²) in [7, 11) is 0. The van der Waals surface area contributed by atoms with E-state index < -0.39 is 0 Å². The summed E-state index contributed by atoms with van der Waals surface area (Å²) in [5.74, 6) is 0. The second-order valence-electron chi connectivity index (χ2n) is 9.89. The Bertz CT molecular complexity index is 2220. The molecule has 9 rings (SSSR count). The van der Waals surface area contributed by atoms with Gasteiger partial charge in [0.1, 0.15) is 5.65 Å². The molecule has 1 aliphatic carbocycles. The van der Waals surface area contributed by atoms with E-state index in [4.69, 9.17) is 4.98 Å². The van der Waals surface area contributed by atoms with Crippen molar-refractivity contribution >= 4 is 49.1 Å². The molecule has 0 bridgehead atoms. The van der Waals surface area contributed by atoms with Gasteiger partial charge in [-0.25, -0.2) is 4.98 Å². The van der Waals surface area contributed by atoms with E-state index in [9.17, 15) is 0 Å². The average Bonchev–Trinajstić information content (AvgIpc) is 3.67. The number of hydrogen-bond donors (Lipinski definition) is 0. The number of nitrogens with zero attached hydrogens (tertiary/aromatic N) is 4. The van der Waals surface area contributed by atoms with Crippen LogP contribution in [0.25, 0.3) is 65.9 Å². The van der Waals surface area contributed by atoms with Crippen LogP contribution in [0.4, 0.5) is 0 Å². The number of benzene rings is 4. The minimum absolute atomic E-state index is 0.941. The molecule has 4 heterocycles. The summed E-state index contributed by atoms with van der Waals surface area (Å²) < 4.78 is 4.67. The summed E-state index contributed by atoms with van der Waals surface area (Å²) >= 11 is 0. The van der Waals surface area contributed by atoms with Crippen LogP contribution in [0.15, 0.2) is 110 Å². The van der Waals surface area contributed by atoms with Gasteiger partial charge in [-0.1, -0.05) is 60.7 Å². The van der Waals surface area contributed by atoms with Crippen LogP contribution in [0.3, 0.4) is 0 Å². The first kappa shape index (κ1) is 19.3. The molecule has 0 fully saturated rings. The summed E-state index contributed by atoms with van der Waals surface area (Å²) in [5.41, 5.74) is 11.2. The Labute approximate surface area is 212 Å². The average molecular weight is 473 g/mol. The van der Waals surface area contributed by atoms with E-state index in [2.05, 4.69) is 98.9 Å². The Kier molecular flexibility index (Phi) is 3.55. The quantitative estimate of drug-likeness (QED) is 0.229. The zero-order chi connectivity index (χ0) is 24.1. The maximum Gasteiger partial charge on any atom is 0.145 e. The fraction of sp³-hybridized carbons (Fsp3) is 0.0303. The Morgan fingerprint density at radius 1 is 0.649 bits per heavy atom. The highest BCUT2D eigenvalue weighted by Gasteiger charge is 2.26. The van der Waals surface area contributed by atoms with Crippen LogP contribution in [0.2, 0.25) is 0 Å². The highest BCUT2D eigenvalue weighted by molar-refractivity contribution is 6.27. The van der Waals surface area contributed by atoms with Crippen molar-refractivity contribution in [2.24, 2.45) is 0 Å². The van der Waals surface area contributed by atoms with Crippen molar-refractivity contribution in [1.29, 1.82) is 0 Å². The van der Waals surface area contributed by atoms with Crippen LogP contribution in [0.5, 0.6) is 0 Å². The van der Waals surface area contributed by atoms with Crippen molar-refractivity contribution in [3.8, 4) is 16.8 Å². The minimum Gasteiger partial charge on any atom is -0.308 e. The molecule has 0 aliphatic heterocycles. The van der Waals surface area contributed by atoms with Gasteiger partial charge >= 0.3 is 0 Å². The predicted octanol–water partition coefficient (Wildman–Crippen LogP) is 7.70. The van der Waals surface area contributed by atoms with E-state index >= 15 is 0 Å². The summed E-state index contributed by atoms with van der Waals surface area (Å²) in [4.78, 5) is 9.34. The molecular formula is C33H20N4. The fourth-order valence-corrected chi connectivity index (χ4v) is 6.60. The van der Waals surface area contributed by atoms with Gasteiger partial charge in [0.05, 0.1) is 16.6 Å². The van der Waals surface area contributed by atoms with Crippen LogP contribution in [0, 0.1) is 0 Å². The first-order chi connectivity index (χ1) is 18.4. The zero-order valence-corrected chi connectivity index (χ0v) is 19.9. The minimum atomic E-state index is 0.941. The zero-order valence-electron chi connectivity index (χ0n) is 19.9. The number of rotatable bonds is 1. The molecule has 37 heavy (non-hydrogen) atoms. The molecule has 4 aromatic carbocycles. The van der Waals surface area contributed by atoms with Crippen LogP contribution in [0.1, 0.15) is 11.1 Å². The number of fused-ring (bicyclic) bond motifs is 14. The van der Waals surface area contributed by atoms with Crippen LogP contribution >= 0.6 is 0 Å². The SMILES string of the molecule is c1ccc(-n2c3c4c(ccc3c3ccc5c(c6cnccc6n6ccnc56)c32)-c2ccccc2C4)cc1. The van der Waals surface area contributed by atoms with Crippen LogP contribution in [-0.2, 0) is 6.42 Å². The predicted molar refractivity (Wildman–Crippen MR) is 151 cm³/mol. The fourth-order valence-electron chi connectivity index (χ4n) is 6.60. The number of imidazole rings is 1. The molecule has 0 saturated carbocycles. The first-order valence-corrected chi connectivity index (χ1v) is 12.6. The number of hydrogen-bond acceptors (Lipinski definition) is 2. The van der Waals surface area contributed by atoms with Gasteiger partial charge in [-0.2, -0.15) is 0 Å². The maximum atomic E-state index is 4.78. The lowest BCUT2D eigenvalue weighted by Gasteiger charge is -2.14. The van der Waals surface area contributed by atoms with Crippen molar-refractivity contribution in [2.75, 3.05) is 0 Å². The van der Waals surface area contributed by atoms with Gasteiger partial charge in [0.15, 0.2) is 0 Å². The molecule has 4 heteroatoms. The van der Waals surface area contributed by atoms with E-state index in [-0.39, 0.29) is 0 Å². The lowest BCUT2D eigenvalue weighted by Crippen LogP contribution is -1.98. The van der Waals surface area contributed by atoms with Gasteiger partial charge in [-0.15, -0.1) is 0 Å². The highest BCUT2D eigenvalue weighted by Crippen LogP contribution is 2.46. The molecule has 0 unspecified atom stereocenters. The van der Waals surface area contributed by atoms with Crippen LogP contribution in [-0.4, -0.2) is 18.9 Å². The third-order valence-electron chi connectivity index (χ3n) is 8.10. The molecule has 0 N–H and O–H groups in total. The maximum absolute atomic E-state index is 4.78. The highest BCUT2D eigenvalue weighted by atomic mass is 15.0. The Morgan fingerprint density at radius 3 is 2.41 bits per heavy atom. The normalized spacial score (nSPS) is 12.8. The van der Waals surface area contributed by atoms with E-state index in [1.165, 1.54) is 55.1 Å². The van der Waals surface area contributed by atoms with Crippen molar-refractivity contribution in [1.82, 2.24) is 18.9 Å². The molecule has 1 aliphatic rings. The van der Waals surface area contributed by atoms with Crippen molar-refractivity contribution in [3.63, 3.8) is 0 Å². The molecule has 172 valence electrons. The summed E-state index contributed by atoms with van der Waals surface area (Å²) in [6.07, 6.45) is 8.74. The molecular weight excluding hydrogens is 452 g/mol. The van der Waals surface area contributed by atoms with Gasteiger partial charge in [0.2, 0.25) is 0 Å². The first-order valence-electron chi connectivity index (χ1n) is 12.6. The third kappa shape index (κ3) is 2.37. The van der Waals surface area contributed by atoms with Gasteiger partial charge < -0.3 is 4.57 Å². The molecule has 0 amide bonds. The number of para-hydroxylation sites is 1.